The monoisotopic (exact) mass is 302 g/mol. The normalized spacial score (nSPS) is 22.0. The molecule has 0 radical (unpaired) electrons. The van der Waals surface area contributed by atoms with Crippen molar-refractivity contribution in [3.8, 4) is 5.75 Å². The Bertz CT molecular complexity index is 732. The molecule has 1 fully saturated rings. The lowest BCUT2D eigenvalue weighted by atomic mass is 9.97. The van der Waals surface area contributed by atoms with Crippen molar-refractivity contribution in [1.82, 2.24) is 0 Å². The van der Waals surface area contributed by atoms with E-state index in [0.717, 1.165) is 40.9 Å². The molecule has 2 aliphatic heterocycles. The molecule has 4 nitrogen and oxygen atoms in total. The molecule has 22 heavy (non-hydrogen) atoms. The Morgan fingerprint density at radius 1 is 1.27 bits per heavy atom. The molecule has 116 valence electrons. The Kier molecular flexibility index (Phi) is 3.20. The lowest BCUT2D eigenvalue weighted by Crippen LogP contribution is -2.51. The van der Waals surface area contributed by atoms with Crippen molar-refractivity contribution in [2.75, 3.05) is 31.3 Å². The van der Waals surface area contributed by atoms with Crippen LogP contribution in [0.2, 0.25) is 0 Å². The zero-order valence-electron chi connectivity index (χ0n) is 12.5. The summed E-state index contributed by atoms with van der Waals surface area (Å²) < 4.78 is 25.2. The standard InChI is InChI=1S/C17H19FN2O2/c1-10(19)14-6-12(18)4-11-5-17-16(7-15(11)14)20-2-3-21-8-13(20)9-22-17/h4-7,10,13H,2-3,8-9,19H2,1H3/t10-,13?/m1/s1. The summed E-state index contributed by atoms with van der Waals surface area (Å²) in [6.45, 7) is 4.73. The van der Waals surface area contributed by atoms with Gasteiger partial charge in [-0.3, -0.25) is 0 Å². The van der Waals surface area contributed by atoms with Crippen LogP contribution in [-0.4, -0.2) is 32.4 Å². The molecule has 2 atom stereocenters. The second-order valence-corrected chi connectivity index (χ2v) is 6.06. The number of rotatable bonds is 1. The third kappa shape index (κ3) is 2.12. The number of morpholine rings is 1. The molecule has 0 aromatic heterocycles. The summed E-state index contributed by atoms with van der Waals surface area (Å²) in [5.74, 6) is 0.548. The van der Waals surface area contributed by atoms with Crippen LogP contribution in [0, 0.1) is 5.82 Å². The highest BCUT2D eigenvalue weighted by Crippen LogP contribution is 2.40. The van der Waals surface area contributed by atoms with Crippen molar-refractivity contribution in [2.24, 2.45) is 5.73 Å². The highest BCUT2D eigenvalue weighted by molar-refractivity contribution is 5.92. The predicted octanol–water partition coefficient (Wildman–Crippen LogP) is 2.60. The van der Waals surface area contributed by atoms with E-state index in [9.17, 15) is 4.39 Å². The molecule has 5 heteroatoms. The molecule has 2 aliphatic rings. The molecular formula is C17H19FN2O2. The topological polar surface area (TPSA) is 47.7 Å². The van der Waals surface area contributed by atoms with Crippen molar-refractivity contribution in [3.63, 3.8) is 0 Å². The van der Waals surface area contributed by atoms with E-state index in [-0.39, 0.29) is 17.9 Å². The maximum atomic E-state index is 13.8. The molecule has 0 spiro atoms. The Morgan fingerprint density at radius 3 is 2.95 bits per heavy atom. The second kappa shape index (κ2) is 5.11. The van der Waals surface area contributed by atoms with Crippen LogP contribution in [0.25, 0.3) is 10.8 Å². The fourth-order valence-corrected chi connectivity index (χ4v) is 3.38. The summed E-state index contributed by atoms with van der Waals surface area (Å²) in [5, 5.41) is 1.82. The van der Waals surface area contributed by atoms with Crippen LogP contribution in [0.15, 0.2) is 24.3 Å². The van der Waals surface area contributed by atoms with Gasteiger partial charge in [0, 0.05) is 12.6 Å². The lowest BCUT2D eigenvalue weighted by molar-refractivity contribution is 0.0706. The Labute approximate surface area is 128 Å². The fourth-order valence-electron chi connectivity index (χ4n) is 3.38. The molecule has 2 aromatic carbocycles. The van der Waals surface area contributed by atoms with E-state index in [4.69, 9.17) is 15.2 Å². The van der Waals surface area contributed by atoms with Crippen molar-refractivity contribution < 1.29 is 13.9 Å². The van der Waals surface area contributed by atoms with Crippen LogP contribution in [0.4, 0.5) is 10.1 Å². The van der Waals surface area contributed by atoms with E-state index in [1.165, 1.54) is 12.1 Å². The first-order valence-corrected chi connectivity index (χ1v) is 7.63. The van der Waals surface area contributed by atoms with Crippen molar-refractivity contribution in [2.45, 2.75) is 19.0 Å². The summed E-state index contributed by atoms with van der Waals surface area (Å²) in [4.78, 5) is 2.33. The molecule has 2 heterocycles. The third-order valence-corrected chi connectivity index (χ3v) is 4.49. The number of nitrogens with zero attached hydrogens (tertiary/aromatic N) is 1. The van der Waals surface area contributed by atoms with E-state index >= 15 is 0 Å². The van der Waals surface area contributed by atoms with E-state index in [1.54, 1.807) is 0 Å². The number of fused-ring (bicyclic) bond motifs is 4. The first kappa shape index (κ1) is 13.8. The van der Waals surface area contributed by atoms with Crippen LogP contribution in [0.3, 0.4) is 0 Å². The van der Waals surface area contributed by atoms with Crippen molar-refractivity contribution >= 4 is 16.5 Å². The Morgan fingerprint density at radius 2 is 2.14 bits per heavy atom. The maximum Gasteiger partial charge on any atom is 0.143 e. The number of hydrogen-bond donors (Lipinski definition) is 1. The smallest absolute Gasteiger partial charge is 0.143 e. The summed E-state index contributed by atoms with van der Waals surface area (Å²) in [5.41, 5.74) is 7.91. The zero-order chi connectivity index (χ0) is 15.3. The van der Waals surface area contributed by atoms with E-state index in [0.29, 0.717) is 13.2 Å². The molecule has 0 aliphatic carbocycles. The molecule has 2 N–H and O–H groups in total. The van der Waals surface area contributed by atoms with Crippen LogP contribution in [0.5, 0.6) is 5.75 Å². The van der Waals surface area contributed by atoms with Gasteiger partial charge in [-0.05, 0) is 47.5 Å². The van der Waals surface area contributed by atoms with Gasteiger partial charge < -0.3 is 20.1 Å². The summed E-state index contributed by atoms with van der Waals surface area (Å²) in [6.07, 6.45) is 0. The van der Waals surface area contributed by atoms with E-state index in [2.05, 4.69) is 11.0 Å². The average Bonchev–Trinajstić information content (AvgIpc) is 2.52. The molecule has 0 amide bonds. The summed E-state index contributed by atoms with van der Waals surface area (Å²) in [7, 11) is 0. The van der Waals surface area contributed by atoms with Crippen LogP contribution < -0.4 is 15.4 Å². The van der Waals surface area contributed by atoms with E-state index in [1.807, 2.05) is 13.0 Å². The van der Waals surface area contributed by atoms with Gasteiger partial charge in [-0.2, -0.15) is 0 Å². The third-order valence-electron chi connectivity index (χ3n) is 4.49. The summed E-state index contributed by atoms with van der Waals surface area (Å²) >= 11 is 0. The molecule has 0 saturated carbocycles. The molecule has 0 bridgehead atoms. The van der Waals surface area contributed by atoms with Gasteiger partial charge in [0.1, 0.15) is 18.2 Å². The number of ether oxygens (including phenoxy) is 2. The van der Waals surface area contributed by atoms with Gasteiger partial charge >= 0.3 is 0 Å². The van der Waals surface area contributed by atoms with Crippen molar-refractivity contribution in [1.29, 1.82) is 0 Å². The number of hydrogen-bond acceptors (Lipinski definition) is 4. The number of benzene rings is 2. The first-order chi connectivity index (χ1) is 10.6. The zero-order valence-corrected chi connectivity index (χ0v) is 12.5. The molecule has 1 unspecified atom stereocenters. The van der Waals surface area contributed by atoms with Gasteiger partial charge in [0.25, 0.3) is 0 Å². The van der Waals surface area contributed by atoms with Gasteiger partial charge in [0.05, 0.1) is 24.9 Å². The molecular weight excluding hydrogens is 283 g/mol. The number of anilines is 1. The average molecular weight is 302 g/mol. The Hall–Kier alpha value is -1.85. The van der Waals surface area contributed by atoms with Gasteiger partial charge in [-0.25, -0.2) is 4.39 Å². The van der Waals surface area contributed by atoms with E-state index < -0.39 is 0 Å². The second-order valence-electron chi connectivity index (χ2n) is 6.06. The SMILES string of the molecule is C[C@@H](N)c1cc(F)cc2cc3c(cc12)N1CCOCC1CO3. The maximum absolute atomic E-state index is 13.8. The minimum atomic E-state index is -0.264. The number of halogens is 1. The largest absolute Gasteiger partial charge is 0.489 e. The van der Waals surface area contributed by atoms with Crippen LogP contribution >= 0.6 is 0 Å². The van der Waals surface area contributed by atoms with Gasteiger partial charge in [-0.15, -0.1) is 0 Å². The molecule has 2 aromatic rings. The minimum absolute atomic E-state index is 0.221. The molecule has 4 rings (SSSR count). The quantitative estimate of drug-likeness (QED) is 0.879. The van der Waals surface area contributed by atoms with Gasteiger partial charge in [0.15, 0.2) is 0 Å². The van der Waals surface area contributed by atoms with Crippen LogP contribution in [0.1, 0.15) is 18.5 Å². The van der Waals surface area contributed by atoms with Gasteiger partial charge in [-0.1, -0.05) is 0 Å². The lowest BCUT2D eigenvalue weighted by Gasteiger charge is -2.41. The number of nitrogens with two attached hydrogens (primary N) is 1. The first-order valence-electron chi connectivity index (χ1n) is 7.63. The van der Waals surface area contributed by atoms with Gasteiger partial charge in [0.2, 0.25) is 0 Å². The fraction of sp³-hybridized carbons (Fsp3) is 0.412. The van der Waals surface area contributed by atoms with Crippen molar-refractivity contribution in [3.05, 3.63) is 35.6 Å². The highest BCUT2D eigenvalue weighted by Gasteiger charge is 2.31. The molecule has 1 saturated heterocycles. The summed E-state index contributed by atoms with van der Waals surface area (Å²) in [6, 6.07) is 7.10. The Balaban J connectivity index is 1.92. The highest BCUT2D eigenvalue weighted by atomic mass is 19.1. The van der Waals surface area contributed by atoms with Crippen LogP contribution in [-0.2, 0) is 4.74 Å². The predicted molar refractivity (Wildman–Crippen MR) is 84.0 cm³/mol. The minimum Gasteiger partial charge on any atom is -0.489 e.